The quantitative estimate of drug-likeness (QED) is 0.0841. The number of carboxylic acids is 1. The summed E-state index contributed by atoms with van der Waals surface area (Å²) in [6.07, 6.45) is -10.6. The molecular weight excluding hydrogens is 899 g/mol. The first-order valence-corrected chi connectivity index (χ1v) is 25.3. The number of aliphatic hydroxyl groups is 7. The van der Waals surface area contributed by atoms with Crippen LogP contribution in [0.25, 0.3) is 0 Å². The van der Waals surface area contributed by atoms with Crippen molar-refractivity contribution in [3.8, 4) is 0 Å². The molecule has 2 saturated carbocycles. The SMILES string of the molecule is C=C(CCC(C)[C@H]1CCC2(C(=O)O)C3=C(CC[C@]12C)[C@@]1(C)CC[C@H](OC2OC(CO)C(O)C(OC4OCC(O)CC4O)C2OC2OC(CO)C(O)C(O)C2NOC(C)=O)C(C)(C)C1CC3)C(C)(C)C. The lowest BCUT2D eigenvalue weighted by molar-refractivity contribution is -0.388. The van der Waals surface area contributed by atoms with Gasteiger partial charge in [0.25, 0.3) is 0 Å². The van der Waals surface area contributed by atoms with Crippen LogP contribution >= 0.6 is 0 Å². The van der Waals surface area contributed by atoms with Crippen LogP contribution in [0.1, 0.15) is 133 Å². The largest absolute Gasteiger partial charge is 0.481 e. The Kier molecular flexibility index (Phi) is 16.3. The highest BCUT2D eigenvalue weighted by atomic mass is 16.8. The summed E-state index contributed by atoms with van der Waals surface area (Å²) >= 11 is 0. The minimum Gasteiger partial charge on any atom is -0.481 e. The molecule has 3 saturated heterocycles. The lowest BCUT2D eigenvalue weighted by atomic mass is 9.43. The van der Waals surface area contributed by atoms with Crippen molar-refractivity contribution in [2.24, 2.45) is 44.8 Å². The molecule has 7 aliphatic rings. The summed E-state index contributed by atoms with van der Waals surface area (Å²) in [7, 11) is 0. The zero-order valence-corrected chi connectivity index (χ0v) is 42.2. The number of carboxylic acid groups (broad SMARTS) is 1. The molecule has 0 bridgehead atoms. The van der Waals surface area contributed by atoms with Gasteiger partial charge in [0.1, 0.15) is 54.9 Å². The van der Waals surface area contributed by atoms with E-state index in [-0.39, 0.29) is 35.7 Å². The topological polar surface area (TPSA) is 273 Å². The summed E-state index contributed by atoms with van der Waals surface area (Å²) in [6, 6.07) is -1.47. The second-order valence-electron chi connectivity index (χ2n) is 23.6. The zero-order valence-electron chi connectivity index (χ0n) is 42.2. The van der Waals surface area contributed by atoms with Gasteiger partial charge in [0.05, 0.1) is 37.4 Å². The van der Waals surface area contributed by atoms with Gasteiger partial charge in [-0.3, -0.25) is 9.59 Å². The number of fused-ring (bicyclic) bond motifs is 4. The van der Waals surface area contributed by atoms with Gasteiger partial charge in [0.15, 0.2) is 18.9 Å². The Morgan fingerprint density at radius 3 is 2.10 bits per heavy atom. The number of carbonyl (C=O) groups excluding carboxylic acids is 1. The summed E-state index contributed by atoms with van der Waals surface area (Å²) in [5.74, 6) is -0.878. The smallest absolute Gasteiger partial charge is 0.321 e. The summed E-state index contributed by atoms with van der Waals surface area (Å²) < 4.78 is 37.8. The van der Waals surface area contributed by atoms with Crippen molar-refractivity contribution in [2.45, 2.75) is 219 Å². The molecule has 18 heteroatoms. The molecule has 0 spiro atoms. The minimum absolute atomic E-state index is 0.0142. The Labute approximate surface area is 407 Å². The number of hydrogen-bond acceptors (Lipinski definition) is 17. The molecule has 0 aromatic carbocycles. The van der Waals surface area contributed by atoms with Crippen molar-refractivity contribution in [1.29, 1.82) is 0 Å². The van der Waals surface area contributed by atoms with Crippen molar-refractivity contribution in [1.82, 2.24) is 5.48 Å². The zero-order chi connectivity index (χ0) is 50.8. The van der Waals surface area contributed by atoms with Gasteiger partial charge in [-0.15, -0.1) is 5.48 Å². The van der Waals surface area contributed by atoms with E-state index in [4.69, 9.17) is 33.3 Å². The first-order chi connectivity index (χ1) is 32.3. The molecule has 9 N–H and O–H groups in total. The lowest BCUT2D eigenvalue weighted by Gasteiger charge is -2.62. The van der Waals surface area contributed by atoms with Gasteiger partial charge in [-0.2, -0.15) is 0 Å². The lowest BCUT2D eigenvalue weighted by Crippen LogP contribution is -2.68. The molecule has 0 radical (unpaired) electrons. The molecule has 4 aliphatic carbocycles. The van der Waals surface area contributed by atoms with Gasteiger partial charge < -0.3 is 74.1 Å². The van der Waals surface area contributed by atoms with Crippen molar-refractivity contribution < 1.29 is 83.7 Å². The Balaban J connectivity index is 1.19. The maximum absolute atomic E-state index is 14.0. The molecule has 16 unspecified atom stereocenters. The monoisotopic (exact) mass is 982 g/mol. The third kappa shape index (κ3) is 9.88. The van der Waals surface area contributed by atoms with Crippen LogP contribution < -0.4 is 5.48 Å². The summed E-state index contributed by atoms with van der Waals surface area (Å²) in [5, 5.41) is 87.2. The molecule has 0 amide bonds. The van der Waals surface area contributed by atoms with Crippen molar-refractivity contribution in [2.75, 3.05) is 19.8 Å². The van der Waals surface area contributed by atoms with E-state index in [1.807, 2.05) is 0 Å². The van der Waals surface area contributed by atoms with Crippen LogP contribution in [-0.4, -0.2) is 159 Å². The Bertz CT molecular complexity index is 1890. The third-order valence-corrected chi connectivity index (χ3v) is 18.4. The average Bonchev–Trinajstić information content (AvgIpc) is 3.61. The first-order valence-electron chi connectivity index (χ1n) is 25.3. The normalized spacial score (nSPS) is 44.9. The average molecular weight is 982 g/mol. The van der Waals surface area contributed by atoms with Crippen LogP contribution in [0.5, 0.6) is 0 Å². The number of rotatable bonds is 15. The van der Waals surface area contributed by atoms with Gasteiger partial charge in [-0.1, -0.05) is 78.7 Å². The van der Waals surface area contributed by atoms with Gasteiger partial charge in [-0.25, -0.2) is 0 Å². The van der Waals surface area contributed by atoms with Gasteiger partial charge in [0, 0.05) is 13.3 Å². The number of allylic oxidation sites excluding steroid dienone is 2. The summed E-state index contributed by atoms with van der Waals surface area (Å²) in [4.78, 5) is 30.9. The Hall–Kier alpha value is -2.14. The van der Waals surface area contributed by atoms with Crippen molar-refractivity contribution >= 4 is 11.9 Å². The number of hydroxylamine groups is 1. The Morgan fingerprint density at radius 2 is 1.48 bits per heavy atom. The molecule has 20 atom stereocenters. The highest BCUT2D eigenvalue weighted by Gasteiger charge is 2.69. The maximum atomic E-state index is 14.0. The maximum Gasteiger partial charge on any atom is 0.321 e. The molecule has 394 valence electrons. The fraction of sp³-hybridized carbons (Fsp3) is 0.882. The van der Waals surface area contributed by atoms with Crippen LogP contribution in [0.15, 0.2) is 23.3 Å². The third-order valence-electron chi connectivity index (χ3n) is 18.4. The fourth-order valence-corrected chi connectivity index (χ4v) is 14.3. The number of carbonyl (C=O) groups is 2. The predicted octanol–water partition coefficient (Wildman–Crippen LogP) is 3.40. The van der Waals surface area contributed by atoms with Crippen molar-refractivity contribution in [3.63, 3.8) is 0 Å². The van der Waals surface area contributed by atoms with Crippen LogP contribution in [0.2, 0.25) is 0 Å². The highest BCUT2D eigenvalue weighted by molar-refractivity contribution is 5.82. The fourth-order valence-electron chi connectivity index (χ4n) is 14.3. The molecule has 0 aromatic rings. The van der Waals surface area contributed by atoms with Crippen molar-refractivity contribution in [3.05, 3.63) is 23.3 Å². The number of aliphatic carboxylic acids is 1. The molecule has 3 aliphatic heterocycles. The van der Waals surface area contributed by atoms with E-state index in [2.05, 4.69) is 67.4 Å². The first kappa shape index (κ1) is 54.6. The van der Waals surface area contributed by atoms with E-state index in [1.54, 1.807) is 0 Å². The summed E-state index contributed by atoms with van der Waals surface area (Å²) in [6.45, 7) is 21.6. The van der Waals surface area contributed by atoms with Crippen LogP contribution in [0.4, 0.5) is 0 Å². The second-order valence-corrected chi connectivity index (χ2v) is 23.6. The van der Waals surface area contributed by atoms with Gasteiger partial charge in [-0.05, 0) is 104 Å². The molecule has 3 heterocycles. The van der Waals surface area contributed by atoms with Crippen LogP contribution in [0, 0.1) is 44.8 Å². The van der Waals surface area contributed by atoms with E-state index in [9.17, 15) is 50.4 Å². The molecular formula is C51H83NO17. The molecule has 7 rings (SSSR count). The van der Waals surface area contributed by atoms with E-state index in [0.717, 1.165) is 51.0 Å². The predicted molar refractivity (Wildman–Crippen MR) is 247 cm³/mol. The summed E-state index contributed by atoms with van der Waals surface area (Å²) in [5.41, 5.74) is 3.70. The number of hydrogen-bond donors (Lipinski definition) is 9. The van der Waals surface area contributed by atoms with E-state index in [1.165, 1.54) is 11.1 Å². The highest BCUT2D eigenvalue weighted by Crippen LogP contribution is 2.73. The Morgan fingerprint density at radius 1 is 0.826 bits per heavy atom. The number of nitrogens with one attached hydrogen (secondary N) is 1. The molecule has 69 heavy (non-hydrogen) atoms. The minimum atomic E-state index is -1.72. The van der Waals surface area contributed by atoms with Gasteiger partial charge in [0.2, 0.25) is 0 Å². The molecule has 0 aromatic heterocycles. The van der Waals surface area contributed by atoms with Crippen LogP contribution in [0.3, 0.4) is 0 Å². The standard InChI is InChI=1S/C51H83NO17/c1-25(11-12-26(2)47(4,5)6)29-16-20-51(46(61)62)31-13-14-35-48(7,8)36(17-18-49(35,9)30(31)15-19-50(29,51)10)66-45-42(68-44-37(52-69-27(3)55)40(60)38(58)33(22-53)64-44)41(39(59)34(23-54)65-45)67-43-32(57)21-28(56)24-63-43/h25,28-29,32-45,52-54,56-60H,2,11-24H2,1,3-10H3,(H,61,62)/t25?,28?,29-,32?,33?,34?,35?,36+,37?,38?,39?,40?,41?,42?,43?,44?,45?,49-,50-,51?/m1/s1. The van der Waals surface area contributed by atoms with E-state index >= 15 is 0 Å². The van der Waals surface area contributed by atoms with Crippen LogP contribution in [-0.2, 0) is 42.8 Å². The van der Waals surface area contributed by atoms with E-state index < -0.39 is 127 Å². The number of ether oxygens (including phenoxy) is 6. The van der Waals surface area contributed by atoms with Gasteiger partial charge >= 0.3 is 11.9 Å². The number of aliphatic hydroxyl groups excluding tert-OH is 7. The molecule has 5 fully saturated rings. The van der Waals surface area contributed by atoms with E-state index in [0.29, 0.717) is 31.6 Å². The molecule has 18 nitrogen and oxygen atoms in total. The second kappa shape index (κ2) is 20.6.